The Hall–Kier alpha value is -0.750. The molecule has 5 nitrogen and oxygen atoms in total. The van der Waals surface area contributed by atoms with Crippen LogP contribution in [0.4, 0.5) is 0 Å². The predicted molar refractivity (Wildman–Crippen MR) is 138 cm³/mol. The molecule has 1 aliphatic heterocycles. The zero-order chi connectivity index (χ0) is 26.2. The second kappa shape index (κ2) is 8.64. The maximum absolute atomic E-state index is 13.1. The third-order valence-electron chi connectivity index (χ3n) is 11.1. The van der Waals surface area contributed by atoms with Gasteiger partial charge < -0.3 is 20.1 Å². The molecular formula is C30H50O5. The number of ether oxygens (including phenoxy) is 1. The van der Waals surface area contributed by atoms with Crippen LogP contribution in [0, 0.1) is 34.5 Å². The van der Waals surface area contributed by atoms with Crippen LogP contribution in [0.2, 0.25) is 0 Å². The van der Waals surface area contributed by atoms with Crippen LogP contribution in [-0.2, 0) is 9.53 Å². The van der Waals surface area contributed by atoms with E-state index in [2.05, 4.69) is 26.8 Å². The Labute approximate surface area is 212 Å². The number of ketones is 1. The highest BCUT2D eigenvalue weighted by molar-refractivity contribution is 5.85. The van der Waals surface area contributed by atoms with Crippen molar-refractivity contribution >= 4 is 5.78 Å². The normalized spacial score (nSPS) is 50.8. The molecule has 3 N–H and O–H groups in total. The molecule has 3 saturated carbocycles. The van der Waals surface area contributed by atoms with Gasteiger partial charge in [-0.3, -0.25) is 4.79 Å². The molecule has 4 aliphatic rings. The summed E-state index contributed by atoms with van der Waals surface area (Å²) in [7, 11) is 0. The first-order valence-electron chi connectivity index (χ1n) is 14.0. The molecular weight excluding hydrogens is 440 g/mol. The monoisotopic (exact) mass is 490 g/mol. The van der Waals surface area contributed by atoms with Crippen molar-refractivity contribution in [2.75, 3.05) is 0 Å². The number of aliphatic hydroxyl groups excluding tert-OH is 1. The van der Waals surface area contributed by atoms with Crippen LogP contribution < -0.4 is 0 Å². The fourth-order valence-electron chi connectivity index (χ4n) is 8.40. The van der Waals surface area contributed by atoms with Gasteiger partial charge in [0.15, 0.2) is 0 Å². The minimum atomic E-state index is -0.847. The molecule has 0 amide bonds. The average molecular weight is 491 g/mol. The lowest BCUT2D eigenvalue weighted by Crippen LogP contribution is -2.56. The Bertz CT molecular complexity index is 868. The molecule has 0 aromatic rings. The van der Waals surface area contributed by atoms with Crippen LogP contribution in [0.3, 0.4) is 0 Å². The van der Waals surface area contributed by atoms with Crippen molar-refractivity contribution in [2.24, 2.45) is 34.5 Å². The van der Waals surface area contributed by atoms with Gasteiger partial charge in [-0.2, -0.15) is 0 Å². The van der Waals surface area contributed by atoms with Crippen molar-refractivity contribution in [2.45, 2.75) is 136 Å². The van der Waals surface area contributed by atoms with Gasteiger partial charge in [-0.05, 0) is 95.3 Å². The van der Waals surface area contributed by atoms with E-state index in [-0.39, 0.29) is 46.4 Å². The zero-order valence-corrected chi connectivity index (χ0v) is 23.4. The summed E-state index contributed by atoms with van der Waals surface area (Å²) in [6.07, 6.45) is 7.38. The maximum atomic E-state index is 13.1. The van der Waals surface area contributed by atoms with E-state index in [1.54, 1.807) is 0 Å². The lowest BCUT2D eigenvalue weighted by molar-refractivity contribution is -0.204. The Kier molecular flexibility index (Phi) is 6.74. The Morgan fingerprint density at radius 1 is 0.943 bits per heavy atom. The van der Waals surface area contributed by atoms with Gasteiger partial charge in [0.1, 0.15) is 5.78 Å². The molecule has 9 atom stereocenters. The van der Waals surface area contributed by atoms with Crippen molar-refractivity contribution in [1.82, 2.24) is 0 Å². The summed E-state index contributed by atoms with van der Waals surface area (Å²) in [6.45, 7) is 16.6. The van der Waals surface area contributed by atoms with E-state index in [0.717, 1.165) is 31.3 Å². The Morgan fingerprint density at radius 3 is 2.26 bits per heavy atom. The second-order valence-corrected chi connectivity index (χ2v) is 14.5. The Balaban J connectivity index is 1.72. The molecule has 200 valence electrons. The minimum absolute atomic E-state index is 0.00871. The third-order valence-corrected chi connectivity index (χ3v) is 11.1. The van der Waals surface area contributed by atoms with Crippen molar-refractivity contribution in [3.05, 3.63) is 11.6 Å². The number of aliphatic hydroxyl groups is 3. The van der Waals surface area contributed by atoms with E-state index in [4.69, 9.17) is 4.74 Å². The summed E-state index contributed by atoms with van der Waals surface area (Å²) in [6, 6.07) is 0. The summed E-state index contributed by atoms with van der Waals surface area (Å²) < 4.78 is 6.55. The first kappa shape index (κ1) is 27.3. The minimum Gasteiger partial charge on any atom is -0.390 e. The van der Waals surface area contributed by atoms with Crippen molar-refractivity contribution < 1.29 is 24.9 Å². The smallest absolute Gasteiger partial charge is 0.140 e. The highest BCUT2D eigenvalue weighted by Crippen LogP contribution is 2.58. The largest absolute Gasteiger partial charge is 0.390 e. The number of carbonyl (C=O) groups is 1. The van der Waals surface area contributed by atoms with Crippen molar-refractivity contribution in [3.8, 4) is 0 Å². The molecule has 5 heteroatoms. The van der Waals surface area contributed by atoms with E-state index in [1.165, 1.54) is 0 Å². The van der Waals surface area contributed by atoms with Crippen LogP contribution in [0.1, 0.15) is 107 Å². The van der Waals surface area contributed by atoms with Crippen LogP contribution in [0.25, 0.3) is 0 Å². The number of Topliss-reactive ketones (excluding diaryl/α,β-unsaturated/α-hetero) is 1. The summed E-state index contributed by atoms with van der Waals surface area (Å²) in [4.78, 5) is 13.1. The highest BCUT2D eigenvalue weighted by atomic mass is 16.5. The fraction of sp³-hybridized carbons (Fsp3) is 0.900. The van der Waals surface area contributed by atoms with E-state index < -0.39 is 22.9 Å². The van der Waals surface area contributed by atoms with Gasteiger partial charge in [0.05, 0.1) is 29.0 Å². The molecule has 0 radical (unpaired) electrons. The Morgan fingerprint density at radius 2 is 1.60 bits per heavy atom. The SMILES string of the molecule is C[C@@H]1C(=O)C[C@H]2[C@@H](/C1=C/C[C@H]1[C@]3(C)CC[C@H](O)C(C)(C)O[C@H]3CC[C@]1(C)O)C(C)(C)CC[C@]2(C)O. The van der Waals surface area contributed by atoms with E-state index >= 15 is 0 Å². The van der Waals surface area contributed by atoms with Gasteiger partial charge in [0.2, 0.25) is 0 Å². The highest BCUT2D eigenvalue weighted by Gasteiger charge is 2.57. The molecule has 3 aliphatic carbocycles. The van der Waals surface area contributed by atoms with Crippen molar-refractivity contribution in [1.29, 1.82) is 0 Å². The van der Waals surface area contributed by atoms with Gasteiger partial charge in [-0.15, -0.1) is 0 Å². The third kappa shape index (κ3) is 4.57. The topological polar surface area (TPSA) is 87.0 Å². The predicted octanol–water partition coefficient (Wildman–Crippen LogP) is 5.20. The molecule has 0 bridgehead atoms. The second-order valence-electron chi connectivity index (χ2n) is 14.5. The van der Waals surface area contributed by atoms with Gasteiger partial charge in [-0.1, -0.05) is 39.3 Å². The van der Waals surface area contributed by atoms with Crippen LogP contribution in [-0.4, -0.2) is 50.1 Å². The lowest BCUT2D eigenvalue weighted by Gasteiger charge is -2.56. The number of allylic oxidation sites excluding steroid dienone is 2. The molecule has 1 heterocycles. The molecule has 4 fully saturated rings. The molecule has 0 aromatic carbocycles. The van der Waals surface area contributed by atoms with Gasteiger partial charge in [0.25, 0.3) is 0 Å². The number of fused-ring (bicyclic) bond motifs is 2. The first-order valence-corrected chi connectivity index (χ1v) is 14.0. The van der Waals surface area contributed by atoms with Gasteiger partial charge >= 0.3 is 0 Å². The maximum Gasteiger partial charge on any atom is 0.140 e. The molecule has 1 saturated heterocycles. The van der Waals surface area contributed by atoms with Gasteiger partial charge in [-0.25, -0.2) is 0 Å². The number of hydrogen-bond acceptors (Lipinski definition) is 5. The first-order chi connectivity index (χ1) is 15.9. The molecule has 4 rings (SSSR count). The van der Waals surface area contributed by atoms with E-state index in [9.17, 15) is 20.1 Å². The van der Waals surface area contributed by atoms with E-state index in [0.29, 0.717) is 25.7 Å². The average Bonchev–Trinajstić information content (AvgIpc) is 2.82. The number of carbonyl (C=O) groups excluding carboxylic acids is 1. The number of hydrogen-bond donors (Lipinski definition) is 3. The van der Waals surface area contributed by atoms with Gasteiger partial charge in [0, 0.05) is 18.3 Å². The standard InChI is InChI=1S/C30H50O5/c1-18-19(25-20(17-21(18)31)29(7,33)16-15-26(25,2)3)9-10-22-28(6)13-11-23(32)27(4,5)35-24(28)12-14-30(22,8)34/h9,18,20,22-25,32-34H,10-17H2,1-8H3/b19-9+/t18-,20-,22-,23-,24-,25+,28-,29-,30-/m0/s1. The summed E-state index contributed by atoms with van der Waals surface area (Å²) in [5.41, 5.74) is -1.40. The van der Waals surface area contributed by atoms with Crippen LogP contribution >= 0.6 is 0 Å². The quantitative estimate of drug-likeness (QED) is 0.463. The zero-order valence-electron chi connectivity index (χ0n) is 23.4. The molecule has 0 aromatic heterocycles. The molecule has 0 spiro atoms. The van der Waals surface area contributed by atoms with Crippen LogP contribution in [0.5, 0.6) is 0 Å². The van der Waals surface area contributed by atoms with E-state index in [1.807, 2.05) is 34.6 Å². The van der Waals surface area contributed by atoms with Crippen molar-refractivity contribution in [3.63, 3.8) is 0 Å². The fourth-order valence-corrected chi connectivity index (χ4v) is 8.40. The lowest BCUT2D eigenvalue weighted by atomic mass is 9.50. The molecule has 0 unspecified atom stereocenters. The molecule has 35 heavy (non-hydrogen) atoms. The summed E-state index contributed by atoms with van der Waals surface area (Å²) in [5.74, 6) is 0.110. The summed E-state index contributed by atoms with van der Waals surface area (Å²) in [5, 5.41) is 33.7. The number of rotatable bonds is 2. The summed E-state index contributed by atoms with van der Waals surface area (Å²) >= 11 is 0. The van der Waals surface area contributed by atoms with Crippen LogP contribution in [0.15, 0.2) is 11.6 Å².